The number of carboxylic acids is 1. The van der Waals surface area contributed by atoms with Crippen molar-refractivity contribution in [2.45, 2.75) is 30.4 Å². The second-order valence-corrected chi connectivity index (χ2v) is 9.46. The molecule has 11 nitrogen and oxygen atoms in total. The Morgan fingerprint density at radius 3 is 2.59 bits per heavy atom. The summed E-state index contributed by atoms with van der Waals surface area (Å²) in [7, 11) is 0. The van der Waals surface area contributed by atoms with Crippen LogP contribution in [-0.2, 0) is 9.53 Å². The number of hydrogen-bond acceptors (Lipinski definition) is 8. The average molecular weight is 592 g/mol. The van der Waals surface area contributed by atoms with E-state index in [-0.39, 0.29) is 11.3 Å². The standard InChI is InChI=1S/C24H20BrClN4O7/c25-13-6-12-15(7-14(13)26)29-30(17(12)9-27)16-8-19(24(35)36)37-22(21(33)18(32)10-31)20(16)28-23(34)11-4-2-1-3-5-11/h1-8,16,18,20-22,31-33H,10H2,(H,28,34)(H,35,36)/t16-,18+,20+,21+,22+/m0/s1. The molecule has 2 aromatic carbocycles. The normalized spacial score (nSPS) is 20.9. The van der Waals surface area contributed by atoms with Gasteiger partial charge in [-0.1, -0.05) is 29.8 Å². The largest absolute Gasteiger partial charge is 0.478 e. The Morgan fingerprint density at radius 2 is 1.97 bits per heavy atom. The molecule has 0 radical (unpaired) electrons. The zero-order chi connectivity index (χ0) is 26.9. The summed E-state index contributed by atoms with van der Waals surface area (Å²) >= 11 is 9.50. The molecule has 0 saturated heterocycles. The third-order valence-electron chi connectivity index (χ3n) is 5.90. The summed E-state index contributed by atoms with van der Waals surface area (Å²) in [6.07, 6.45) is -3.95. The zero-order valence-electron chi connectivity index (χ0n) is 18.8. The number of nitrogens with zero attached hydrogens (tertiary/aromatic N) is 3. The molecule has 0 spiro atoms. The van der Waals surface area contributed by atoms with E-state index in [0.29, 0.717) is 20.4 Å². The fourth-order valence-electron chi connectivity index (χ4n) is 4.08. The van der Waals surface area contributed by atoms with Crippen molar-refractivity contribution in [3.05, 3.63) is 75.1 Å². The lowest BCUT2D eigenvalue weighted by atomic mass is 9.91. The lowest BCUT2D eigenvalue weighted by Crippen LogP contribution is -2.58. The molecular formula is C24H20BrClN4O7. The van der Waals surface area contributed by atoms with E-state index < -0.39 is 54.6 Å². The summed E-state index contributed by atoms with van der Waals surface area (Å²) in [5.74, 6) is -2.69. The number of ether oxygens (including phenoxy) is 1. The minimum atomic E-state index is -1.82. The number of halogens is 2. The van der Waals surface area contributed by atoms with E-state index in [0.717, 1.165) is 6.08 Å². The van der Waals surface area contributed by atoms with Gasteiger partial charge in [0.1, 0.15) is 30.1 Å². The number of nitriles is 1. The fourth-order valence-corrected chi connectivity index (χ4v) is 4.58. The van der Waals surface area contributed by atoms with Gasteiger partial charge in [0.2, 0.25) is 5.76 Å². The van der Waals surface area contributed by atoms with E-state index in [1.54, 1.807) is 36.4 Å². The minimum absolute atomic E-state index is 0.0233. The van der Waals surface area contributed by atoms with Crippen molar-refractivity contribution < 1.29 is 34.8 Å². The number of aromatic nitrogens is 2. The maximum atomic E-state index is 13.1. The fraction of sp³-hybridized carbons (Fsp3) is 0.250. The molecule has 13 heteroatoms. The van der Waals surface area contributed by atoms with Crippen LogP contribution in [0.3, 0.4) is 0 Å². The molecular weight excluding hydrogens is 572 g/mol. The van der Waals surface area contributed by atoms with E-state index in [9.17, 15) is 35.3 Å². The number of aliphatic carboxylic acids is 1. The lowest BCUT2D eigenvalue weighted by Gasteiger charge is -2.40. The van der Waals surface area contributed by atoms with Crippen LogP contribution in [0.4, 0.5) is 0 Å². The van der Waals surface area contributed by atoms with Gasteiger partial charge in [-0.3, -0.25) is 4.79 Å². The highest BCUT2D eigenvalue weighted by atomic mass is 79.9. The third kappa shape index (κ3) is 5.18. The molecule has 0 bridgehead atoms. The van der Waals surface area contributed by atoms with Gasteiger partial charge < -0.3 is 30.5 Å². The van der Waals surface area contributed by atoms with E-state index in [1.807, 2.05) is 6.07 Å². The van der Waals surface area contributed by atoms with Crippen LogP contribution in [-0.4, -0.2) is 73.0 Å². The molecule has 3 aromatic rings. The predicted octanol–water partition coefficient (Wildman–Crippen LogP) is 1.74. The molecule has 1 aromatic heterocycles. The summed E-state index contributed by atoms with van der Waals surface area (Å²) in [4.78, 5) is 25.0. The molecule has 2 heterocycles. The Labute approximate surface area is 223 Å². The number of hydrogen-bond donors (Lipinski definition) is 5. The molecule has 37 heavy (non-hydrogen) atoms. The van der Waals surface area contributed by atoms with Crippen LogP contribution in [0.15, 0.2) is 58.8 Å². The summed E-state index contributed by atoms with van der Waals surface area (Å²) in [6.45, 7) is -0.862. The van der Waals surface area contributed by atoms with Gasteiger partial charge in [-0.05, 0) is 46.3 Å². The van der Waals surface area contributed by atoms with Crippen LogP contribution in [0.25, 0.3) is 10.9 Å². The SMILES string of the molecule is N#Cc1c2cc(Br)c(Cl)cc2nn1[C@H]1C=C(C(=O)O)O[C@@H]([C@H](O)[C@H](O)CO)[C@@H]1NC(=O)c1ccccc1. The van der Waals surface area contributed by atoms with Crippen LogP contribution < -0.4 is 5.32 Å². The Hall–Kier alpha value is -3.47. The zero-order valence-corrected chi connectivity index (χ0v) is 21.2. The average Bonchev–Trinajstić information content (AvgIpc) is 3.25. The maximum absolute atomic E-state index is 13.1. The highest BCUT2D eigenvalue weighted by molar-refractivity contribution is 9.10. The predicted molar refractivity (Wildman–Crippen MR) is 134 cm³/mol. The van der Waals surface area contributed by atoms with E-state index in [2.05, 4.69) is 26.3 Å². The molecule has 0 aliphatic carbocycles. The molecule has 1 amide bonds. The molecule has 0 saturated carbocycles. The molecule has 0 unspecified atom stereocenters. The molecule has 5 atom stereocenters. The number of amides is 1. The minimum Gasteiger partial charge on any atom is -0.478 e. The van der Waals surface area contributed by atoms with Crippen molar-refractivity contribution in [2.24, 2.45) is 0 Å². The van der Waals surface area contributed by atoms with Gasteiger partial charge in [-0.25, -0.2) is 9.48 Å². The monoisotopic (exact) mass is 590 g/mol. The molecule has 192 valence electrons. The van der Waals surface area contributed by atoms with Gasteiger partial charge >= 0.3 is 5.97 Å². The summed E-state index contributed by atoms with van der Waals surface area (Å²) in [5, 5.41) is 57.9. The number of aliphatic hydroxyl groups is 3. The van der Waals surface area contributed by atoms with Gasteiger partial charge in [0.05, 0.1) is 29.2 Å². The molecule has 1 aliphatic rings. The number of carbonyl (C=O) groups excluding carboxylic acids is 1. The van der Waals surface area contributed by atoms with Crippen molar-refractivity contribution in [1.29, 1.82) is 5.26 Å². The molecule has 0 fully saturated rings. The first-order valence-corrected chi connectivity index (χ1v) is 12.0. The first kappa shape index (κ1) is 26.6. The number of nitrogens with one attached hydrogen (secondary N) is 1. The number of benzene rings is 2. The first-order chi connectivity index (χ1) is 17.7. The second-order valence-electron chi connectivity index (χ2n) is 8.20. The second kappa shape index (κ2) is 10.9. The highest BCUT2D eigenvalue weighted by Gasteiger charge is 2.45. The molecule has 4 rings (SSSR count). The lowest BCUT2D eigenvalue weighted by molar-refractivity contribution is -0.145. The van der Waals surface area contributed by atoms with Crippen molar-refractivity contribution in [1.82, 2.24) is 15.1 Å². The van der Waals surface area contributed by atoms with E-state index in [4.69, 9.17) is 16.3 Å². The van der Waals surface area contributed by atoms with Crippen LogP contribution in [0.1, 0.15) is 22.1 Å². The van der Waals surface area contributed by atoms with Crippen molar-refractivity contribution in [3.63, 3.8) is 0 Å². The summed E-state index contributed by atoms with van der Waals surface area (Å²) < 4.78 is 7.20. The van der Waals surface area contributed by atoms with Crippen LogP contribution in [0.5, 0.6) is 0 Å². The Balaban J connectivity index is 1.90. The molecule has 5 N–H and O–H groups in total. The van der Waals surface area contributed by atoms with Gasteiger partial charge in [0, 0.05) is 15.4 Å². The number of carboxylic acid groups (broad SMARTS) is 1. The topological polar surface area (TPSA) is 178 Å². The summed E-state index contributed by atoms with van der Waals surface area (Å²) in [6, 6.07) is 10.8. The summed E-state index contributed by atoms with van der Waals surface area (Å²) in [5.41, 5.74) is 0.601. The smallest absolute Gasteiger partial charge is 0.370 e. The quantitative estimate of drug-likeness (QED) is 0.274. The number of rotatable bonds is 7. The van der Waals surface area contributed by atoms with Gasteiger partial charge in [0.25, 0.3) is 5.91 Å². The van der Waals surface area contributed by atoms with Crippen LogP contribution in [0, 0.1) is 11.3 Å². The number of aliphatic hydroxyl groups excluding tert-OH is 3. The van der Waals surface area contributed by atoms with E-state index in [1.165, 1.54) is 10.7 Å². The van der Waals surface area contributed by atoms with Crippen LogP contribution >= 0.6 is 27.5 Å². The third-order valence-corrected chi connectivity index (χ3v) is 7.09. The Kier molecular flexibility index (Phi) is 7.82. The first-order valence-electron chi connectivity index (χ1n) is 10.9. The highest BCUT2D eigenvalue weighted by Crippen LogP contribution is 2.35. The van der Waals surface area contributed by atoms with Gasteiger partial charge in [-0.15, -0.1) is 0 Å². The maximum Gasteiger partial charge on any atom is 0.370 e. The van der Waals surface area contributed by atoms with Gasteiger partial charge in [0.15, 0.2) is 0 Å². The number of carbonyl (C=O) groups is 2. The Morgan fingerprint density at radius 1 is 1.27 bits per heavy atom. The van der Waals surface area contributed by atoms with Crippen LogP contribution in [0.2, 0.25) is 5.02 Å². The van der Waals surface area contributed by atoms with Crippen molar-refractivity contribution >= 4 is 50.3 Å². The van der Waals surface area contributed by atoms with Crippen molar-refractivity contribution in [2.75, 3.05) is 6.61 Å². The molecule has 1 aliphatic heterocycles. The number of fused-ring (bicyclic) bond motifs is 1. The van der Waals surface area contributed by atoms with E-state index >= 15 is 0 Å². The van der Waals surface area contributed by atoms with Crippen molar-refractivity contribution in [3.8, 4) is 6.07 Å². The Bertz CT molecular complexity index is 1420. The van der Waals surface area contributed by atoms with Gasteiger partial charge in [-0.2, -0.15) is 10.4 Å².